The van der Waals surface area contributed by atoms with Gasteiger partial charge in [-0.25, -0.2) is 0 Å². The van der Waals surface area contributed by atoms with Gasteiger partial charge in [-0.15, -0.1) is 10.2 Å². The first-order chi connectivity index (χ1) is 8.26. The van der Waals surface area contributed by atoms with E-state index in [1.807, 2.05) is 30.5 Å². The molecule has 0 unspecified atom stereocenters. The molecule has 0 spiro atoms. The van der Waals surface area contributed by atoms with Crippen LogP contribution in [0.5, 0.6) is 0 Å². The zero-order chi connectivity index (χ0) is 12.3. The molecule has 2 rings (SSSR count). The maximum Gasteiger partial charge on any atom is 0.224 e. The van der Waals surface area contributed by atoms with Crippen LogP contribution in [0.1, 0.15) is 13.8 Å². The molecule has 0 amide bonds. The number of pyridine rings is 1. The van der Waals surface area contributed by atoms with Crippen molar-refractivity contribution >= 4 is 11.6 Å². The minimum atomic E-state index is 0.642. The molecular weight excluding hydrogens is 216 g/mol. The van der Waals surface area contributed by atoms with Gasteiger partial charge in [-0.3, -0.25) is 9.55 Å². The number of nitrogen functional groups attached to an aromatic ring is 1. The Kier molecular flexibility index (Phi) is 3.22. The molecule has 0 aliphatic heterocycles. The quantitative estimate of drug-likeness (QED) is 0.832. The Morgan fingerprint density at radius 3 is 2.71 bits per heavy atom. The summed E-state index contributed by atoms with van der Waals surface area (Å²) in [5.74, 6) is 1.52. The molecule has 0 aliphatic rings. The molecule has 0 saturated carbocycles. The second kappa shape index (κ2) is 4.82. The Labute approximate surface area is 99.9 Å². The number of anilines is 2. The van der Waals surface area contributed by atoms with Gasteiger partial charge in [0.15, 0.2) is 5.82 Å². The van der Waals surface area contributed by atoms with E-state index in [-0.39, 0.29) is 0 Å². The molecule has 0 atom stereocenters. The number of hydrogen-bond donors (Lipinski definition) is 2. The predicted molar refractivity (Wildman–Crippen MR) is 67.5 cm³/mol. The van der Waals surface area contributed by atoms with Gasteiger partial charge < -0.3 is 11.1 Å². The van der Waals surface area contributed by atoms with Crippen molar-refractivity contribution in [1.29, 1.82) is 0 Å². The van der Waals surface area contributed by atoms with Gasteiger partial charge in [-0.1, -0.05) is 0 Å². The van der Waals surface area contributed by atoms with Crippen LogP contribution in [-0.2, 0) is 6.54 Å². The highest BCUT2D eigenvalue weighted by Gasteiger charge is 2.12. The highest BCUT2D eigenvalue weighted by molar-refractivity contribution is 5.54. The fourth-order valence-corrected chi connectivity index (χ4v) is 1.62. The van der Waals surface area contributed by atoms with E-state index >= 15 is 0 Å². The highest BCUT2D eigenvalue weighted by atomic mass is 15.4. The van der Waals surface area contributed by atoms with Crippen molar-refractivity contribution in [2.24, 2.45) is 0 Å². The number of rotatable bonds is 4. The smallest absolute Gasteiger partial charge is 0.224 e. The molecule has 0 fully saturated rings. The number of hydrogen-bond acceptors (Lipinski definition) is 5. The Morgan fingerprint density at radius 1 is 1.29 bits per heavy atom. The summed E-state index contributed by atoms with van der Waals surface area (Å²) >= 11 is 0. The van der Waals surface area contributed by atoms with E-state index < -0.39 is 0 Å². The molecule has 90 valence electrons. The van der Waals surface area contributed by atoms with E-state index in [2.05, 4.69) is 20.5 Å². The predicted octanol–water partition coefficient (Wildman–Crippen LogP) is 1.37. The number of nitrogens with zero attached hydrogens (tertiary/aromatic N) is 4. The van der Waals surface area contributed by atoms with E-state index in [0.717, 1.165) is 30.6 Å². The first kappa shape index (κ1) is 11.4. The molecule has 17 heavy (non-hydrogen) atoms. The van der Waals surface area contributed by atoms with E-state index in [1.54, 1.807) is 6.20 Å². The monoisotopic (exact) mass is 232 g/mol. The second-order valence-corrected chi connectivity index (χ2v) is 3.60. The molecule has 2 aromatic heterocycles. The summed E-state index contributed by atoms with van der Waals surface area (Å²) in [6.07, 6.45) is 1.62. The fourth-order valence-electron chi connectivity index (χ4n) is 1.62. The van der Waals surface area contributed by atoms with E-state index in [0.29, 0.717) is 5.69 Å². The molecule has 0 aliphatic carbocycles. The van der Waals surface area contributed by atoms with E-state index in [1.165, 1.54) is 0 Å². The van der Waals surface area contributed by atoms with Crippen LogP contribution in [0.4, 0.5) is 11.6 Å². The third-order valence-electron chi connectivity index (χ3n) is 2.42. The van der Waals surface area contributed by atoms with Gasteiger partial charge >= 0.3 is 0 Å². The lowest BCUT2D eigenvalue weighted by Crippen LogP contribution is -2.07. The van der Waals surface area contributed by atoms with Crippen molar-refractivity contribution < 1.29 is 0 Å². The average Bonchev–Trinajstić information content (AvgIpc) is 2.73. The molecule has 0 radical (unpaired) electrons. The second-order valence-electron chi connectivity index (χ2n) is 3.60. The minimum Gasteiger partial charge on any atom is -0.397 e. The Hall–Kier alpha value is -2.11. The standard InChI is InChI=1S/C11H16N6/c1-3-13-11-16-15-10(17(11)4-2)9-6-5-8(12)7-14-9/h5-7H,3-4,12H2,1-2H3,(H,13,16). The van der Waals surface area contributed by atoms with Crippen LogP contribution >= 0.6 is 0 Å². The molecular formula is C11H16N6. The largest absolute Gasteiger partial charge is 0.397 e. The first-order valence-electron chi connectivity index (χ1n) is 5.65. The summed E-state index contributed by atoms with van der Waals surface area (Å²) in [5, 5.41) is 11.4. The van der Waals surface area contributed by atoms with Crippen molar-refractivity contribution in [3.05, 3.63) is 18.3 Å². The fraction of sp³-hybridized carbons (Fsp3) is 0.364. The molecule has 0 saturated heterocycles. The first-order valence-corrected chi connectivity index (χ1v) is 5.65. The minimum absolute atomic E-state index is 0.642. The zero-order valence-corrected chi connectivity index (χ0v) is 10.0. The molecule has 2 aromatic rings. The zero-order valence-electron chi connectivity index (χ0n) is 10.0. The molecule has 2 heterocycles. The summed E-state index contributed by atoms with van der Waals surface area (Å²) in [7, 11) is 0. The van der Waals surface area contributed by atoms with Gasteiger partial charge in [0.25, 0.3) is 0 Å². The van der Waals surface area contributed by atoms with Crippen LogP contribution in [-0.4, -0.2) is 26.3 Å². The average molecular weight is 232 g/mol. The molecule has 0 bridgehead atoms. The Morgan fingerprint density at radius 2 is 2.12 bits per heavy atom. The lowest BCUT2D eigenvalue weighted by molar-refractivity contribution is 0.768. The van der Waals surface area contributed by atoms with Crippen LogP contribution in [0.2, 0.25) is 0 Å². The van der Waals surface area contributed by atoms with Gasteiger partial charge in [0.05, 0.1) is 11.9 Å². The van der Waals surface area contributed by atoms with Crippen molar-refractivity contribution in [1.82, 2.24) is 19.7 Å². The summed E-state index contributed by atoms with van der Waals surface area (Å²) in [6, 6.07) is 3.66. The lowest BCUT2D eigenvalue weighted by Gasteiger charge is -2.07. The number of nitrogens with one attached hydrogen (secondary N) is 1. The SMILES string of the molecule is CCNc1nnc(-c2ccc(N)cn2)n1CC. The van der Waals surface area contributed by atoms with Crippen molar-refractivity contribution in [3.63, 3.8) is 0 Å². The topological polar surface area (TPSA) is 81.7 Å². The third-order valence-corrected chi connectivity index (χ3v) is 2.42. The van der Waals surface area contributed by atoms with E-state index in [4.69, 9.17) is 5.73 Å². The van der Waals surface area contributed by atoms with Gasteiger partial charge in [0.1, 0.15) is 5.69 Å². The Bertz CT molecular complexity index is 487. The maximum absolute atomic E-state index is 5.61. The summed E-state index contributed by atoms with van der Waals surface area (Å²) in [5.41, 5.74) is 7.03. The molecule has 6 heteroatoms. The molecule has 3 N–H and O–H groups in total. The van der Waals surface area contributed by atoms with Crippen LogP contribution in [0.15, 0.2) is 18.3 Å². The normalized spacial score (nSPS) is 10.5. The summed E-state index contributed by atoms with van der Waals surface area (Å²) in [6.45, 7) is 5.67. The maximum atomic E-state index is 5.61. The summed E-state index contributed by atoms with van der Waals surface area (Å²) < 4.78 is 1.99. The van der Waals surface area contributed by atoms with Crippen molar-refractivity contribution in [2.45, 2.75) is 20.4 Å². The van der Waals surface area contributed by atoms with Crippen LogP contribution in [0.25, 0.3) is 11.5 Å². The highest BCUT2D eigenvalue weighted by Crippen LogP contribution is 2.18. The van der Waals surface area contributed by atoms with Gasteiger partial charge in [0, 0.05) is 13.1 Å². The number of nitrogens with two attached hydrogens (primary N) is 1. The van der Waals surface area contributed by atoms with Crippen LogP contribution in [0, 0.1) is 0 Å². The van der Waals surface area contributed by atoms with Crippen molar-refractivity contribution in [3.8, 4) is 11.5 Å². The number of aromatic nitrogens is 4. The van der Waals surface area contributed by atoms with Crippen molar-refractivity contribution in [2.75, 3.05) is 17.6 Å². The molecule has 6 nitrogen and oxygen atoms in total. The lowest BCUT2D eigenvalue weighted by atomic mass is 10.3. The van der Waals surface area contributed by atoms with Crippen LogP contribution < -0.4 is 11.1 Å². The summed E-state index contributed by atoms with van der Waals surface area (Å²) in [4.78, 5) is 4.25. The van der Waals surface area contributed by atoms with Gasteiger partial charge in [0.2, 0.25) is 5.95 Å². The van der Waals surface area contributed by atoms with Crippen LogP contribution in [0.3, 0.4) is 0 Å². The molecule has 0 aromatic carbocycles. The third kappa shape index (κ3) is 2.20. The van der Waals surface area contributed by atoms with Gasteiger partial charge in [-0.2, -0.15) is 0 Å². The Balaban J connectivity index is 2.41. The van der Waals surface area contributed by atoms with Gasteiger partial charge in [-0.05, 0) is 26.0 Å². The van der Waals surface area contributed by atoms with E-state index in [9.17, 15) is 0 Å².